The summed E-state index contributed by atoms with van der Waals surface area (Å²) in [5.74, 6) is 2.45. The number of nitrogens with one attached hydrogen (secondary N) is 1. The molecule has 1 aromatic heterocycles. The quantitative estimate of drug-likeness (QED) is 0.924. The normalized spacial score (nSPS) is 15.8. The number of carbonyl (C=O) groups excluding carboxylic acids is 1. The van der Waals surface area contributed by atoms with Gasteiger partial charge in [-0.2, -0.15) is 0 Å². The van der Waals surface area contributed by atoms with Gasteiger partial charge in [-0.1, -0.05) is 0 Å². The van der Waals surface area contributed by atoms with E-state index in [4.69, 9.17) is 14.1 Å². The van der Waals surface area contributed by atoms with Gasteiger partial charge < -0.3 is 14.5 Å². The molecule has 1 saturated heterocycles. The van der Waals surface area contributed by atoms with Crippen LogP contribution >= 0.6 is 0 Å². The lowest BCUT2D eigenvalue weighted by Gasteiger charge is -2.17. The molecule has 0 unspecified atom stereocenters. The van der Waals surface area contributed by atoms with Crippen LogP contribution in [0.1, 0.15) is 29.0 Å². The molecule has 0 saturated carbocycles. The van der Waals surface area contributed by atoms with Gasteiger partial charge in [0.1, 0.15) is 11.5 Å². The Morgan fingerprint density at radius 3 is 2.80 bits per heavy atom. The molecule has 1 amide bonds. The molecule has 1 aromatic carbocycles. The van der Waals surface area contributed by atoms with Gasteiger partial charge in [-0.3, -0.25) is 9.69 Å². The van der Waals surface area contributed by atoms with E-state index in [-0.39, 0.29) is 5.91 Å². The molecule has 1 fully saturated rings. The average Bonchev–Trinajstić information content (AvgIpc) is 2.80. The van der Waals surface area contributed by atoms with Gasteiger partial charge in [0, 0.05) is 38.2 Å². The van der Waals surface area contributed by atoms with Crippen LogP contribution in [-0.2, 0) is 11.3 Å². The van der Waals surface area contributed by atoms with Crippen molar-refractivity contribution in [2.24, 2.45) is 0 Å². The van der Waals surface area contributed by atoms with Crippen molar-refractivity contribution in [2.75, 3.05) is 26.7 Å². The average molecular weight is 343 g/mol. The van der Waals surface area contributed by atoms with Gasteiger partial charge >= 0.3 is 0 Å². The number of rotatable bonds is 4. The Bertz CT molecular complexity index is 782. The minimum Gasteiger partial charge on any atom is -0.496 e. The van der Waals surface area contributed by atoms with Crippen molar-refractivity contribution in [2.45, 2.75) is 33.7 Å². The number of hydrogen-bond donors (Lipinski definition) is 1. The van der Waals surface area contributed by atoms with E-state index in [2.05, 4.69) is 16.3 Å². The highest BCUT2D eigenvalue weighted by Crippen LogP contribution is 2.31. The summed E-state index contributed by atoms with van der Waals surface area (Å²) in [5, 5.41) is 2.89. The van der Waals surface area contributed by atoms with Crippen LogP contribution in [0.3, 0.4) is 0 Å². The highest BCUT2D eigenvalue weighted by molar-refractivity contribution is 5.76. The van der Waals surface area contributed by atoms with Crippen LogP contribution < -0.4 is 10.1 Å². The number of nitrogens with zero attached hydrogens (tertiary/aromatic N) is 2. The number of ether oxygens (including phenoxy) is 1. The predicted octanol–water partition coefficient (Wildman–Crippen LogP) is 2.60. The number of aromatic nitrogens is 1. The Kier molecular flexibility index (Phi) is 5.08. The number of aryl methyl sites for hydroxylation is 3. The van der Waals surface area contributed by atoms with Gasteiger partial charge in [-0.25, -0.2) is 4.98 Å². The second kappa shape index (κ2) is 7.27. The second-order valence-corrected chi connectivity index (χ2v) is 6.53. The van der Waals surface area contributed by atoms with Gasteiger partial charge in [0.25, 0.3) is 0 Å². The summed E-state index contributed by atoms with van der Waals surface area (Å²) in [6.07, 6.45) is 0.528. The number of carbonyl (C=O) groups is 1. The van der Waals surface area contributed by atoms with Crippen LogP contribution in [-0.4, -0.2) is 42.5 Å². The summed E-state index contributed by atoms with van der Waals surface area (Å²) in [6, 6.07) is 4.06. The Balaban J connectivity index is 1.83. The molecule has 1 aliphatic heterocycles. The summed E-state index contributed by atoms with van der Waals surface area (Å²) in [7, 11) is 1.68. The number of oxazole rings is 1. The third-order valence-electron chi connectivity index (χ3n) is 4.64. The zero-order valence-corrected chi connectivity index (χ0v) is 15.3. The molecule has 25 heavy (non-hydrogen) atoms. The van der Waals surface area contributed by atoms with Crippen molar-refractivity contribution >= 4 is 5.91 Å². The molecule has 2 aromatic rings. The number of hydrogen-bond acceptors (Lipinski definition) is 5. The monoisotopic (exact) mass is 343 g/mol. The van der Waals surface area contributed by atoms with E-state index >= 15 is 0 Å². The summed E-state index contributed by atoms with van der Waals surface area (Å²) in [5.41, 5.74) is 4.04. The van der Waals surface area contributed by atoms with E-state index < -0.39 is 0 Å². The number of amides is 1. The first-order valence-electron chi connectivity index (χ1n) is 8.59. The number of methoxy groups -OCH3 is 1. The van der Waals surface area contributed by atoms with Crippen LogP contribution in [0.4, 0.5) is 0 Å². The SMILES string of the molecule is COc1cc(C)c(-c2nc(CN3CCNC(=O)CC3)c(C)o2)cc1C. The first kappa shape index (κ1) is 17.5. The van der Waals surface area contributed by atoms with E-state index in [0.717, 1.165) is 47.0 Å². The van der Waals surface area contributed by atoms with Crippen molar-refractivity contribution in [1.29, 1.82) is 0 Å². The molecule has 3 rings (SSSR count). The Morgan fingerprint density at radius 1 is 1.24 bits per heavy atom. The molecule has 0 spiro atoms. The zero-order chi connectivity index (χ0) is 18.0. The smallest absolute Gasteiger partial charge is 0.226 e. The van der Waals surface area contributed by atoms with Gasteiger partial charge in [0.05, 0.1) is 12.8 Å². The van der Waals surface area contributed by atoms with E-state index in [1.165, 1.54) is 0 Å². The molecule has 1 aliphatic rings. The molecule has 0 radical (unpaired) electrons. The van der Waals surface area contributed by atoms with Crippen LogP contribution in [0.2, 0.25) is 0 Å². The maximum absolute atomic E-state index is 11.5. The maximum Gasteiger partial charge on any atom is 0.226 e. The van der Waals surface area contributed by atoms with Crippen molar-refractivity contribution in [3.05, 3.63) is 34.7 Å². The largest absolute Gasteiger partial charge is 0.496 e. The molecular formula is C19H25N3O3. The third kappa shape index (κ3) is 3.85. The molecule has 6 nitrogen and oxygen atoms in total. The fourth-order valence-corrected chi connectivity index (χ4v) is 3.11. The minimum absolute atomic E-state index is 0.115. The lowest BCUT2D eigenvalue weighted by molar-refractivity contribution is -0.120. The van der Waals surface area contributed by atoms with Gasteiger partial charge in [-0.05, 0) is 44.0 Å². The predicted molar refractivity (Wildman–Crippen MR) is 95.6 cm³/mol. The molecular weight excluding hydrogens is 318 g/mol. The Hall–Kier alpha value is -2.34. The van der Waals surface area contributed by atoms with Crippen LogP contribution in [0, 0.1) is 20.8 Å². The summed E-state index contributed by atoms with van der Waals surface area (Å²) in [4.78, 5) is 18.4. The first-order valence-corrected chi connectivity index (χ1v) is 8.59. The fourth-order valence-electron chi connectivity index (χ4n) is 3.11. The highest BCUT2D eigenvalue weighted by atomic mass is 16.5. The highest BCUT2D eigenvalue weighted by Gasteiger charge is 2.19. The van der Waals surface area contributed by atoms with Crippen molar-refractivity contribution in [3.8, 4) is 17.2 Å². The minimum atomic E-state index is 0.115. The molecule has 2 heterocycles. The first-order chi connectivity index (χ1) is 12.0. The molecule has 0 atom stereocenters. The molecule has 1 N–H and O–H groups in total. The van der Waals surface area contributed by atoms with E-state index in [0.29, 0.717) is 25.4 Å². The third-order valence-corrected chi connectivity index (χ3v) is 4.64. The summed E-state index contributed by atoms with van der Waals surface area (Å²) >= 11 is 0. The van der Waals surface area contributed by atoms with E-state index in [1.807, 2.05) is 26.8 Å². The van der Waals surface area contributed by atoms with Crippen LogP contribution in [0.15, 0.2) is 16.5 Å². The Morgan fingerprint density at radius 2 is 2.04 bits per heavy atom. The maximum atomic E-state index is 11.5. The second-order valence-electron chi connectivity index (χ2n) is 6.53. The topological polar surface area (TPSA) is 67.6 Å². The number of benzene rings is 1. The van der Waals surface area contributed by atoms with Crippen LogP contribution in [0.5, 0.6) is 5.75 Å². The van der Waals surface area contributed by atoms with Gasteiger partial charge in [0.15, 0.2) is 0 Å². The standard InChI is InChI=1S/C19H25N3O3/c1-12-10-17(24-4)13(2)9-15(12)19-21-16(14(3)25-19)11-22-7-5-18(23)20-6-8-22/h9-10H,5-8,11H2,1-4H3,(H,20,23). The lowest BCUT2D eigenvalue weighted by atomic mass is 10.0. The summed E-state index contributed by atoms with van der Waals surface area (Å²) < 4.78 is 11.3. The van der Waals surface area contributed by atoms with Gasteiger partial charge in [0.2, 0.25) is 11.8 Å². The van der Waals surface area contributed by atoms with E-state index in [1.54, 1.807) is 7.11 Å². The van der Waals surface area contributed by atoms with Gasteiger partial charge in [-0.15, -0.1) is 0 Å². The zero-order valence-electron chi connectivity index (χ0n) is 15.3. The van der Waals surface area contributed by atoms with Crippen molar-refractivity contribution < 1.29 is 13.9 Å². The fraction of sp³-hybridized carbons (Fsp3) is 0.474. The van der Waals surface area contributed by atoms with Crippen molar-refractivity contribution in [1.82, 2.24) is 15.2 Å². The van der Waals surface area contributed by atoms with Crippen LogP contribution in [0.25, 0.3) is 11.5 Å². The molecule has 134 valence electrons. The van der Waals surface area contributed by atoms with E-state index in [9.17, 15) is 4.79 Å². The molecule has 0 aliphatic carbocycles. The van der Waals surface area contributed by atoms with Crippen molar-refractivity contribution in [3.63, 3.8) is 0 Å². The summed E-state index contributed by atoms with van der Waals surface area (Å²) in [6.45, 7) is 8.93. The molecule has 0 bridgehead atoms. The molecule has 6 heteroatoms. The lowest BCUT2D eigenvalue weighted by Crippen LogP contribution is -2.28. The Labute approximate surface area is 148 Å².